The third-order valence-corrected chi connectivity index (χ3v) is 5.54. The van der Waals surface area contributed by atoms with Gasteiger partial charge in [-0.3, -0.25) is 4.79 Å². The lowest BCUT2D eigenvalue weighted by Gasteiger charge is -2.32. The van der Waals surface area contributed by atoms with Crippen LogP contribution < -0.4 is 15.4 Å². The number of benzene rings is 1. The van der Waals surface area contributed by atoms with E-state index in [4.69, 9.17) is 9.47 Å². The first kappa shape index (κ1) is 20.5. The number of amides is 2. The molecule has 1 aromatic carbocycles. The van der Waals surface area contributed by atoms with Crippen molar-refractivity contribution in [1.82, 2.24) is 10.6 Å². The molecule has 0 aliphatic heterocycles. The van der Waals surface area contributed by atoms with Crippen LogP contribution >= 0.6 is 0 Å². The van der Waals surface area contributed by atoms with Crippen LogP contribution in [0.5, 0.6) is 5.75 Å². The van der Waals surface area contributed by atoms with Crippen molar-refractivity contribution in [2.24, 2.45) is 11.8 Å². The van der Waals surface area contributed by atoms with Crippen molar-refractivity contribution in [3.63, 3.8) is 0 Å². The number of nitrogens with one attached hydrogen (secondary N) is 2. The highest BCUT2D eigenvalue weighted by Gasteiger charge is 2.49. The molecular formula is C22H32N2O4. The van der Waals surface area contributed by atoms with Crippen LogP contribution in [0.25, 0.3) is 0 Å². The maximum Gasteiger partial charge on any atom is 0.407 e. The largest absolute Gasteiger partial charge is 0.497 e. The molecule has 0 spiro atoms. The lowest BCUT2D eigenvalue weighted by Crippen LogP contribution is -2.56. The van der Waals surface area contributed by atoms with Crippen molar-refractivity contribution in [3.05, 3.63) is 29.8 Å². The van der Waals surface area contributed by atoms with Gasteiger partial charge in [-0.15, -0.1) is 0 Å². The van der Waals surface area contributed by atoms with Crippen LogP contribution in [0.2, 0.25) is 0 Å². The van der Waals surface area contributed by atoms with Crippen molar-refractivity contribution in [2.75, 3.05) is 13.7 Å². The Bertz CT molecular complexity index is 738. The van der Waals surface area contributed by atoms with Gasteiger partial charge in [-0.05, 0) is 76.5 Å². The monoisotopic (exact) mass is 388 g/mol. The zero-order valence-electron chi connectivity index (χ0n) is 17.5. The minimum Gasteiger partial charge on any atom is -0.497 e. The summed E-state index contributed by atoms with van der Waals surface area (Å²) in [6, 6.07) is 7.92. The maximum absolute atomic E-state index is 12.9. The molecule has 3 atom stereocenters. The summed E-state index contributed by atoms with van der Waals surface area (Å²) in [6.45, 7) is 7.89. The first-order valence-corrected chi connectivity index (χ1v) is 10.0. The molecule has 6 nitrogen and oxygen atoms in total. The van der Waals surface area contributed by atoms with Gasteiger partial charge in [0.05, 0.1) is 12.6 Å². The quantitative estimate of drug-likeness (QED) is 0.748. The minimum absolute atomic E-state index is 0.0216. The molecular weight excluding hydrogens is 356 g/mol. The predicted octanol–water partition coefficient (Wildman–Crippen LogP) is 3.61. The van der Waals surface area contributed by atoms with Gasteiger partial charge in [0.25, 0.3) is 0 Å². The topological polar surface area (TPSA) is 76.7 Å². The molecule has 3 unspecified atom stereocenters. The van der Waals surface area contributed by atoms with E-state index in [1.807, 2.05) is 52.0 Å². The second kappa shape index (κ2) is 7.64. The molecule has 2 N–H and O–H groups in total. The number of carbonyl (C=O) groups is 2. The zero-order chi connectivity index (χ0) is 20.5. The number of hydrogen-bond acceptors (Lipinski definition) is 4. The Morgan fingerprint density at radius 1 is 1.18 bits per heavy atom. The van der Waals surface area contributed by atoms with E-state index in [-0.39, 0.29) is 17.7 Å². The minimum atomic E-state index is -0.540. The number of carbonyl (C=O) groups excluding carboxylic acids is 2. The van der Waals surface area contributed by atoms with Gasteiger partial charge in [0, 0.05) is 12.5 Å². The molecule has 3 rings (SSSR count). The third-order valence-electron chi connectivity index (χ3n) is 5.54. The number of rotatable bonds is 7. The van der Waals surface area contributed by atoms with E-state index >= 15 is 0 Å². The van der Waals surface area contributed by atoms with Gasteiger partial charge in [0.1, 0.15) is 11.4 Å². The van der Waals surface area contributed by atoms with Crippen molar-refractivity contribution in [1.29, 1.82) is 0 Å². The third kappa shape index (κ3) is 5.18. The molecule has 2 aliphatic rings. The molecule has 2 fully saturated rings. The molecule has 0 bridgehead atoms. The Balaban J connectivity index is 1.57. The highest BCUT2D eigenvalue weighted by molar-refractivity contribution is 5.83. The summed E-state index contributed by atoms with van der Waals surface area (Å²) >= 11 is 0. The summed E-state index contributed by atoms with van der Waals surface area (Å²) in [5, 5.41) is 6.05. The van der Waals surface area contributed by atoms with Gasteiger partial charge in [0.15, 0.2) is 0 Å². The van der Waals surface area contributed by atoms with Crippen LogP contribution in [0.4, 0.5) is 4.79 Å². The first-order valence-electron chi connectivity index (χ1n) is 10.0. The van der Waals surface area contributed by atoms with Crippen LogP contribution in [0, 0.1) is 11.8 Å². The van der Waals surface area contributed by atoms with Gasteiger partial charge in [-0.1, -0.05) is 12.1 Å². The van der Waals surface area contributed by atoms with Gasteiger partial charge < -0.3 is 20.1 Å². The van der Waals surface area contributed by atoms with Crippen LogP contribution in [0.1, 0.15) is 58.4 Å². The summed E-state index contributed by atoms with van der Waals surface area (Å²) in [5.74, 6) is 1.48. The number of alkyl carbamates (subject to hydrolysis) is 1. The smallest absolute Gasteiger partial charge is 0.407 e. The number of hydrogen-bond donors (Lipinski definition) is 2. The summed E-state index contributed by atoms with van der Waals surface area (Å²) in [4.78, 5) is 24.9. The van der Waals surface area contributed by atoms with Crippen LogP contribution in [0.3, 0.4) is 0 Å². The molecule has 0 aromatic heterocycles. The SMILES string of the molecule is COc1cccc(C2CC2C(=O)NC(C)(CNC(=O)OC(C)(C)C)C2CC2)c1. The van der Waals surface area contributed by atoms with E-state index in [1.54, 1.807) is 7.11 Å². The Morgan fingerprint density at radius 3 is 2.50 bits per heavy atom. The van der Waals surface area contributed by atoms with E-state index in [0.717, 1.165) is 30.6 Å². The van der Waals surface area contributed by atoms with Crippen molar-refractivity contribution >= 4 is 12.0 Å². The van der Waals surface area contributed by atoms with E-state index in [1.165, 1.54) is 0 Å². The lowest BCUT2D eigenvalue weighted by molar-refractivity contribution is -0.124. The summed E-state index contributed by atoms with van der Waals surface area (Å²) in [6.07, 6.45) is 2.53. The molecule has 1 aromatic rings. The molecule has 2 aliphatic carbocycles. The summed E-state index contributed by atoms with van der Waals surface area (Å²) in [5.41, 5.74) is 0.149. The lowest BCUT2D eigenvalue weighted by atomic mass is 9.95. The van der Waals surface area contributed by atoms with Crippen molar-refractivity contribution in [2.45, 2.75) is 64.0 Å². The highest BCUT2D eigenvalue weighted by atomic mass is 16.6. The Kier molecular flexibility index (Phi) is 5.60. The standard InChI is InChI=1S/C22H32N2O4/c1-21(2,3)28-20(26)23-13-22(4,15-9-10-15)24-19(25)18-12-17(18)14-7-6-8-16(11-14)27-5/h6-8,11,15,17-18H,9-10,12-13H2,1-5H3,(H,23,26)(H,24,25). The van der Waals surface area contributed by atoms with Crippen LogP contribution in [0.15, 0.2) is 24.3 Å². The molecule has 154 valence electrons. The van der Waals surface area contributed by atoms with Crippen molar-refractivity contribution < 1.29 is 19.1 Å². The van der Waals surface area contributed by atoms with Gasteiger partial charge in [0.2, 0.25) is 5.91 Å². The zero-order valence-corrected chi connectivity index (χ0v) is 17.5. The average Bonchev–Trinajstić information content (AvgIpc) is 3.50. The fourth-order valence-corrected chi connectivity index (χ4v) is 3.68. The molecule has 0 radical (unpaired) electrons. The Hall–Kier alpha value is -2.24. The van der Waals surface area contributed by atoms with E-state index < -0.39 is 17.2 Å². The highest BCUT2D eigenvalue weighted by Crippen LogP contribution is 2.49. The normalized spacial score (nSPS) is 23.3. The van der Waals surface area contributed by atoms with Crippen LogP contribution in [-0.4, -0.2) is 36.8 Å². The molecule has 6 heteroatoms. The summed E-state index contributed by atoms with van der Waals surface area (Å²) in [7, 11) is 1.65. The second-order valence-electron chi connectivity index (χ2n) is 9.26. The Labute approximate surface area is 167 Å². The molecule has 2 saturated carbocycles. The van der Waals surface area contributed by atoms with Gasteiger partial charge in [-0.2, -0.15) is 0 Å². The van der Waals surface area contributed by atoms with Crippen LogP contribution in [-0.2, 0) is 9.53 Å². The summed E-state index contributed by atoms with van der Waals surface area (Å²) < 4.78 is 10.6. The molecule has 2 amide bonds. The van der Waals surface area contributed by atoms with Gasteiger partial charge in [-0.25, -0.2) is 4.79 Å². The average molecular weight is 389 g/mol. The molecule has 0 saturated heterocycles. The predicted molar refractivity (Wildman–Crippen MR) is 107 cm³/mol. The number of ether oxygens (including phenoxy) is 2. The van der Waals surface area contributed by atoms with E-state index in [2.05, 4.69) is 10.6 Å². The molecule has 0 heterocycles. The molecule has 28 heavy (non-hydrogen) atoms. The Morgan fingerprint density at radius 2 is 1.89 bits per heavy atom. The van der Waals surface area contributed by atoms with E-state index in [9.17, 15) is 9.59 Å². The fraction of sp³-hybridized carbons (Fsp3) is 0.636. The van der Waals surface area contributed by atoms with E-state index in [0.29, 0.717) is 12.5 Å². The maximum atomic E-state index is 12.9. The first-order chi connectivity index (χ1) is 13.1. The fourth-order valence-electron chi connectivity index (χ4n) is 3.68. The number of methoxy groups -OCH3 is 1. The van der Waals surface area contributed by atoms with Gasteiger partial charge >= 0.3 is 6.09 Å². The second-order valence-corrected chi connectivity index (χ2v) is 9.26. The van der Waals surface area contributed by atoms with Crippen molar-refractivity contribution in [3.8, 4) is 5.75 Å².